The summed E-state index contributed by atoms with van der Waals surface area (Å²) in [4.78, 5) is 14.4. The van der Waals surface area contributed by atoms with Crippen LogP contribution in [0.5, 0.6) is 5.75 Å². The van der Waals surface area contributed by atoms with Gasteiger partial charge in [-0.05, 0) is 30.9 Å². The first-order valence-corrected chi connectivity index (χ1v) is 6.84. The zero-order valence-electron chi connectivity index (χ0n) is 11.8. The lowest BCUT2D eigenvalue weighted by Gasteiger charge is -2.17. The lowest BCUT2D eigenvalue weighted by atomic mass is 10.0. The minimum Gasteiger partial charge on any atom is -0.494 e. The van der Waals surface area contributed by atoms with Crippen LogP contribution in [0.4, 0.5) is 5.69 Å². The van der Waals surface area contributed by atoms with Crippen LogP contribution in [0.3, 0.4) is 0 Å². The summed E-state index contributed by atoms with van der Waals surface area (Å²) in [6, 6.07) is 5.24. The number of anilines is 1. The quantitative estimate of drug-likeness (QED) is 0.851. The number of hydrogen-bond donors (Lipinski definition) is 1. The number of likely N-dealkylation sites (tertiary alicyclic amines) is 1. The molecule has 0 aliphatic carbocycles. The van der Waals surface area contributed by atoms with Gasteiger partial charge in [0.25, 0.3) is 5.91 Å². The number of rotatable bonds is 3. The Morgan fingerprint density at radius 1 is 1.32 bits per heavy atom. The van der Waals surface area contributed by atoms with Gasteiger partial charge in [0.1, 0.15) is 5.75 Å². The Labute approximate surface area is 114 Å². The summed E-state index contributed by atoms with van der Waals surface area (Å²) in [6.45, 7) is 8.48. The van der Waals surface area contributed by atoms with E-state index in [1.807, 2.05) is 11.8 Å². The third-order valence-corrected chi connectivity index (χ3v) is 3.76. The molecule has 2 atom stereocenters. The van der Waals surface area contributed by atoms with Gasteiger partial charge in [0, 0.05) is 30.4 Å². The number of nitrogens with two attached hydrogens (primary N) is 1. The molecule has 4 heteroatoms. The average molecular weight is 262 g/mol. The van der Waals surface area contributed by atoms with E-state index in [2.05, 4.69) is 13.8 Å². The van der Waals surface area contributed by atoms with Crippen LogP contribution >= 0.6 is 0 Å². The second-order valence-corrected chi connectivity index (χ2v) is 5.39. The normalized spacial score (nSPS) is 22.6. The molecule has 1 fully saturated rings. The lowest BCUT2D eigenvalue weighted by molar-refractivity contribution is 0.0784. The predicted molar refractivity (Wildman–Crippen MR) is 76.3 cm³/mol. The first kappa shape index (κ1) is 13.7. The summed E-state index contributed by atoms with van der Waals surface area (Å²) >= 11 is 0. The first-order chi connectivity index (χ1) is 9.01. The van der Waals surface area contributed by atoms with E-state index in [-0.39, 0.29) is 5.91 Å². The number of ether oxygens (including phenoxy) is 1. The Bertz CT molecular complexity index is 463. The maximum atomic E-state index is 12.5. The molecule has 0 spiro atoms. The highest BCUT2D eigenvalue weighted by Gasteiger charge is 2.30. The summed E-state index contributed by atoms with van der Waals surface area (Å²) in [5, 5.41) is 0. The van der Waals surface area contributed by atoms with Crippen molar-refractivity contribution in [3.63, 3.8) is 0 Å². The number of nitrogens with zero attached hydrogens (tertiary/aromatic N) is 1. The van der Waals surface area contributed by atoms with Crippen LogP contribution in [0.25, 0.3) is 0 Å². The Morgan fingerprint density at radius 3 is 2.53 bits per heavy atom. The maximum absolute atomic E-state index is 12.5. The molecule has 0 saturated carbocycles. The average Bonchev–Trinajstić information content (AvgIpc) is 2.68. The van der Waals surface area contributed by atoms with Gasteiger partial charge in [0.2, 0.25) is 0 Å². The van der Waals surface area contributed by atoms with Gasteiger partial charge in [-0.25, -0.2) is 0 Å². The van der Waals surface area contributed by atoms with Crippen LogP contribution < -0.4 is 10.5 Å². The van der Waals surface area contributed by atoms with Crippen molar-refractivity contribution in [3.8, 4) is 5.75 Å². The molecule has 1 heterocycles. The van der Waals surface area contributed by atoms with Crippen LogP contribution in [0.1, 0.15) is 31.1 Å². The van der Waals surface area contributed by atoms with E-state index in [0.29, 0.717) is 35.4 Å². The number of carbonyl (C=O) groups is 1. The molecule has 1 aromatic carbocycles. The van der Waals surface area contributed by atoms with Gasteiger partial charge < -0.3 is 15.4 Å². The zero-order valence-corrected chi connectivity index (χ0v) is 11.8. The van der Waals surface area contributed by atoms with Crippen molar-refractivity contribution in [1.82, 2.24) is 4.90 Å². The van der Waals surface area contributed by atoms with Crippen molar-refractivity contribution in [2.45, 2.75) is 20.8 Å². The van der Waals surface area contributed by atoms with Crippen LogP contribution in [-0.4, -0.2) is 30.5 Å². The smallest absolute Gasteiger partial charge is 0.254 e. The van der Waals surface area contributed by atoms with Gasteiger partial charge >= 0.3 is 0 Å². The third kappa shape index (κ3) is 3.00. The molecular weight excluding hydrogens is 240 g/mol. The van der Waals surface area contributed by atoms with Crippen molar-refractivity contribution < 1.29 is 9.53 Å². The molecule has 0 radical (unpaired) electrons. The summed E-state index contributed by atoms with van der Waals surface area (Å²) < 4.78 is 5.43. The molecule has 1 amide bonds. The number of benzene rings is 1. The van der Waals surface area contributed by atoms with Crippen LogP contribution in [0, 0.1) is 11.8 Å². The summed E-state index contributed by atoms with van der Waals surface area (Å²) in [7, 11) is 0. The summed E-state index contributed by atoms with van der Waals surface area (Å²) in [5.41, 5.74) is 7.01. The van der Waals surface area contributed by atoms with E-state index in [0.717, 1.165) is 13.1 Å². The second kappa shape index (κ2) is 5.51. The van der Waals surface area contributed by atoms with E-state index >= 15 is 0 Å². The monoisotopic (exact) mass is 262 g/mol. The molecule has 0 aromatic heterocycles. The van der Waals surface area contributed by atoms with E-state index in [1.165, 1.54) is 0 Å². The number of amides is 1. The molecule has 1 aliphatic rings. The fourth-order valence-corrected chi connectivity index (χ4v) is 2.47. The topological polar surface area (TPSA) is 55.6 Å². The van der Waals surface area contributed by atoms with E-state index in [1.54, 1.807) is 18.2 Å². The van der Waals surface area contributed by atoms with Crippen molar-refractivity contribution in [3.05, 3.63) is 23.8 Å². The van der Waals surface area contributed by atoms with Gasteiger partial charge in [-0.2, -0.15) is 0 Å². The maximum Gasteiger partial charge on any atom is 0.254 e. The third-order valence-electron chi connectivity index (χ3n) is 3.76. The minimum atomic E-state index is 0.0458. The van der Waals surface area contributed by atoms with E-state index in [9.17, 15) is 4.79 Å². The van der Waals surface area contributed by atoms with Crippen molar-refractivity contribution in [2.75, 3.05) is 25.4 Å². The molecule has 1 aliphatic heterocycles. The molecule has 2 rings (SSSR count). The number of nitrogen functional groups attached to an aromatic ring is 1. The van der Waals surface area contributed by atoms with Crippen LogP contribution in [0.15, 0.2) is 18.2 Å². The van der Waals surface area contributed by atoms with Crippen molar-refractivity contribution in [1.29, 1.82) is 0 Å². The van der Waals surface area contributed by atoms with Crippen molar-refractivity contribution >= 4 is 11.6 Å². The highest BCUT2D eigenvalue weighted by molar-refractivity contribution is 5.95. The van der Waals surface area contributed by atoms with E-state index < -0.39 is 0 Å². The molecule has 1 saturated heterocycles. The molecule has 104 valence electrons. The van der Waals surface area contributed by atoms with Gasteiger partial charge in [0.05, 0.1) is 6.61 Å². The standard InChI is InChI=1S/C15H22N2O2/c1-4-19-14-6-12(5-13(16)7-14)15(18)17-8-10(2)11(3)9-17/h5-7,10-11H,4,8-9,16H2,1-3H3. The van der Waals surface area contributed by atoms with Gasteiger partial charge in [-0.3, -0.25) is 4.79 Å². The molecular formula is C15H22N2O2. The Morgan fingerprint density at radius 2 is 1.95 bits per heavy atom. The molecule has 4 nitrogen and oxygen atoms in total. The lowest BCUT2D eigenvalue weighted by Crippen LogP contribution is -2.28. The Balaban J connectivity index is 2.19. The molecule has 0 bridgehead atoms. The predicted octanol–water partition coefficient (Wildman–Crippen LogP) is 2.40. The fraction of sp³-hybridized carbons (Fsp3) is 0.533. The van der Waals surface area contributed by atoms with E-state index in [4.69, 9.17) is 10.5 Å². The van der Waals surface area contributed by atoms with Gasteiger partial charge in [-0.15, -0.1) is 0 Å². The fourth-order valence-electron chi connectivity index (χ4n) is 2.47. The van der Waals surface area contributed by atoms with Crippen molar-refractivity contribution in [2.24, 2.45) is 11.8 Å². The number of hydrogen-bond acceptors (Lipinski definition) is 3. The molecule has 19 heavy (non-hydrogen) atoms. The largest absolute Gasteiger partial charge is 0.494 e. The highest BCUT2D eigenvalue weighted by atomic mass is 16.5. The van der Waals surface area contributed by atoms with Gasteiger partial charge in [-0.1, -0.05) is 13.8 Å². The van der Waals surface area contributed by atoms with Crippen LogP contribution in [-0.2, 0) is 0 Å². The first-order valence-electron chi connectivity index (χ1n) is 6.84. The molecule has 2 N–H and O–H groups in total. The Hall–Kier alpha value is -1.71. The SMILES string of the molecule is CCOc1cc(N)cc(C(=O)N2CC(C)C(C)C2)c1. The summed E-state index contributed by atoms with van der Waals surface area (Å²) in [6.07, 6.45) is 0. The van der Waals surface area contributed by atoms with Gasteiger partial charge in [0.15, 0.2) is 0 Å². The Kier molecular flexibility index (Phi) is 3.98. The zero-order chi connectivity index (χ0) is 14.0. The molecule has 1 aromatic rings. The highest BCUT2D eigenvalue weighted by Crippen LogP contribution is 2.26. The minimum absolute atomic E-state index is 0.0458. The van der Waals surface area contributed by atoms with Crippen LogP contribution in [0.2, 0.25) is 0 Å². The molecule has 2 unspecified atom stereocenters. The second-order valence-electron chi connectivity index (χ2n) is 5.39. The number of carbonyl (C=O) groups excluding carboxylic acids is 1. The summed E-state index contributed by atoms with van der Waals surface area (Å²) in [5.74, 6) is 1.81.